The average molecular weight is 269 g/mol. The van der Waals surface area contributed by atoms with E-state index in [0.29, 0.717) is 0 Å². The van der Waals surface area contributed by atoms with E-state index in [-0.39, 0.29) is 11.4 Å². The predicted molar refractivity (Wildman–Crippen MR) is 52.6 cm³/mol. The quantitative estimate of drug-likeness (QED) is 0.857. The highest BCUT2D eigenvalue weighted by Gasteiger charge is 2.63. The number of carbonyl (C=O) groups excluding carboxylic acids is 1. The smallest absolute Gasteiger partial charge is 0.463 e. The molecular weight excluding hydrogens is 261 g/mol. The van der Waals surface area contributed by atoms with Crippen molar-refractivity contribution in [1.82, 2.24) is 0 Å². The number of hydrogen-bond donors (Lipinski definition) is 1. The number of nitrogens with one attached hydrogen (secondary N) is 1. The summed E-state index contributed by atoms with van der Waals surface area (Å²) >= 11 is 0. The number of halogens is 5. The molecule has 0 aliphatic carbocycles. The third kappa shape index (κ3) is 2.69. The molecule has 0 aromatic heterocycles. The Hall–Kier alpha value is -1.86. The molecule has 100 valence electrons. The van der Waals surface area contributed by atoms with Crippen LogP contribution in [0.4, 0.5) is 27.6 Å². The van der Waals surface area contributed by atoms with Crippen molar-refractivity contribution in [2.24, 2.45) is 0 Å². The fourth-order valence-corrected chi connectivity index (χ4v) is 1.08. The minimum Gasteiger partial charge on any atom is -0.495 e. The van der Waals surface area contributed by atoms with Crippen LogP contribution in [0.25, 0.3) is 0 Å². The highest BCUT2D eigenvalue weighted by atomic mass is 19.4. The van der Waals surface area contributed by atoms with Crippen molar-refractivity contribution >= 4 is 11.6 Å². The molecule has 0 fully saturated rings. The van der Waals surface area contributed by atoms with Crippen molar-refractivity contribution in [2.45, 2.75) is 12.1 Å². The molecule has 8 heteroatoms. The van der Waals surface area contributed by atoms with Gasteiger partial charge in [0.25, 0.3) is 0 Å². The zero-order chi connectivity index (χ0) is 14.0. The zero-order valence-corrected chi connectivity index (χ0v) is 9.02. The lowest BCUT2D eigenvalue weighted by Crippen LogP contribution is -2.47. The first-order chi connectivity index (χ1) is 8.20. The van der Waals surface area contributed by atoms with E-state index in [1.807, 2.05) is 0 Å². The first-order valence-corrected chi connectivity index (χ1v) is 4.59. The average Bonchev–Trinajstić information content (AvgIpc) is 2.28. The number of para-hydroxylation sites is 2. The Morgan fingerprint density at radius 2 is 1.72 bits per heavy atom. The predicted octanol–water partition coefficient (Wildman–Crippen LogP) is 2.83. The van der Waals surface area contributed by atoms with Crippen LogP contribution in [0.3, 0.4) is 0 Å². The molecule has 1 aromatic carbocycles. The van der Waals surface area contributed by atoms with Gasteiger partial charge in [-0.3, -0.25) is 4.79 Å². The summed E-state index contributed by atoms with van der Waals surface area (Å²) in [5, 5.41) is 1.47. The maximum Gasteiger partial charge on any atom is 0.463 e. The van der Waals surface area contributed by atoms with Gasteiger partial charge in [-0.1, -0.05) is 12.1 Å². The van der Waals surface area contributed by atoms with E-state index < -0.39 is 18.0 Å². The molecule has 18 heavy (non-hydrogen) atoms. The topological polar surface area (TPSA) is 38.3 Å². The third-order valence-corrected chi connectivity index (χ3v) is 2.00. The summed E-state index contributed by atoms with van der Waals surface area (Å²) in [7, 11) is 1.19. The van der Waals surface area contributed by atoms with Gasteiger partial charge in [0.2, 0.25) is 0 Å². The molecular formula is C10H8F5NO2. The number of methoxy groups -OCH3 is 1. The van der Waals surface area contributed by atoms with Gasteiger partial charge in [-0.05, 0) is 12.1 Å². The van der Waals surface area contributed by atoms with Gasteiger partial charge < -0.3 is 10.1 Å². The van der Waals surface area contributed by atoms with E-state index in [0.717, 1.165) is 6.07 Å². The second-order valence-corrected chi connectivity index (χ2v) is 3.23. The third-order valence-electron chi connectivity index (χ3n) is 2.00. The lowest BCUT2D eigenvalue weighted by Gasteiger charge is -2.19. The highest BCUT2D eigenvalue weighted by molar-refractivity contribution is 5.97. The summed E-state index contributed by atoms with van der Waals surface area (Å²) in [6, 6.07) is 5.27. The Kier molecular flexibility index (Phi) is 3.78. The van der Waals surface area contributed by atoms with Gasteiger partial charge in [0.15, 0.2) is 0 Å². The molecule has 0 saturated carbocycles. The molecule has 3 nitrogen and oxygen atoms in total. The summed E-state index contributed by atoms with van der Waals surface area (Å²) in [6.07, 6.45) is -5.95. The maximum absolute atomic E-state index is 12.7. The lowest BCUT2D eigenvalue weighted by molar-refractivity contribution is -0.267. The van der Waals surface area contributed by atoms with E-state index in [4.69, 9.17) is 4.74 Å². The molecule has 0 saturated heterocycles. The van der Waals surface area contributed by atoms with Crippen LogP contribution in [-0.4, -0.2) is 25.1 Å². The molecule has 0 aliphatic heterocycles. The zero-order valence-electron chi connectivity index (χ0n) is 9.02. The van der Waals surface area contributed by atoms with Crippen LogP contribution in [0.5, 0.6) is 5.75 Å². The van der Waals surface area contributed by atoms with E-state index in [1.165, 1.54) is 30.6 Å². The van der Waals surface area contributed by atoms with Gasteiger partial charge in [-0.25, -0.2) is 0 Å². The molecule has 0 unspecified atom stereocenters. The number of carbonyl (C=O) groups is 1. The van der Waals surface area contributed by atoms with Gasteiger partial charge in [-0.2, -0.15) is 22.0 Å². The van der Waals surface area contributed by atoms with Crippen LogP contribution < -0.4 is 10.1 Å². The molecule has 1 amide bonds. The Morgan fingerprint density at radius 1 is 1.17 bits per heavy atom. The standard InChI is InChI=1S/C10H8F5NO2/c1-18-7-5-3-2-4-6(7)16-8(17)9(11,12)10(13,14)15/h2-5H,1H3,(H,16,17). The Bertz CT molecular complexity index is 444. The van der Waals surface area contributed by atoms with Gasteiger partial charge in [0, 0.05) is 0 Å². The van der Waals surface area contributed by atoms with Crippen molar-refractivity contribution < 1.29 is 31.5 Å². The number of benzene rings is 1. The van der Waals surface area contributed by atoms with Crippen LogP contribution in [-0.2, 0) is 4.79 Å². The molecule has 0 spiro atoms. The molecule has 1 rings (SSSR count). The van der Waals surface area contributed by atoms with Crippen molar-refractivity contribution in [1.29, 1.82) is 0 Å². The summed E-state index contributed by atoms with van der Waals surface area (Å²) < 4.78 is 65.8. The van der Waals surface area contributed by atoms with Gasteiger partial charge in [0.1, 0.15) is 5.75 Å². The van der Waals surface area contributed by atoms with Crippen LogP contribution in [0.2, 0.25) is 0 Å². The van der Waals surface area contributed by atoms with Crippen LogP contribution >= 0.6 is 0 Å². The van der Waals surface area contributed by atoms with E-state index >= 15 is 0 Å². The normalized spacial score (nSPS) is 12.1. The van der Waals surface area contributed by atoms with Crippen molar-refractivity contribution in [3.05, 3.63) is 24.3 Å². The van der Waals surface area contributed by atoms with Gasteiger partial charge >= 0.3 is 18.0 Å². The SMILES string of the molecule is COc1ccccc1NC(=O)C(F)(F)C(F)(F)F. The molecule has 0 radical (unpaired) electrons. The minimum absolute atomic E-state index is 0.0242. The maximum atomic E-state index is 12.7. The summed E-state index contributed by atoms with van der Waals surface area (Å²) in [5.41, 5.74) is -0.270. The largest absolute Gasteiger partial charge is 0.495 e. The first-order valence-electron chi connectivity index (χ1n) is 4.59. The lowest BCUT2D eigenvalue weighted by atomic mass is 10.2. The minimum atomic E-state index is -5.95. The second-order valence-electron chi connectivity index (χ2n) is 3.23. The summed E-state index contributed by atoms with van der Waals surface area (Å²) in [5.74, 6) is -7.95. The highest BCUT2D eigenvalue weighted by Crippen LogP contribution is 2.37. The number of anilines is 1. The second kappa shape index (κ2) is 4.79. The number of hydrogen-bond acceptors (Lipinski definition) is 2. The molecule has 1 aromatic rings. The van der Waals surface area contributed by atoms with Crippen LogP contribution in [0, 0.1) is 0 Å². The fraction of sp³-hybridized carbons (Fsp3) is 0.300. The Morgan fingerprint density at radius 3 is 2.22 bits per heavy atom. The van der Waals surface area contributed by atoms with Gasteiger partial charge in [0.05, 0.1) is 12.8 Å². The molecule has 0 bridgehead atoms. The summed E-state index contributed by atoms with van der Waals surface area (Å²) in [6.45, 7) is 0. The van der Waals surface area contributed by atoms with Crippen molar-refractivity contribution in [3.8, 4) is 5.75 Å². The number of ether oxygens (including phenoxy) is 1. The monoisotopic (exact) mass is 269 g/mol. The Balaban J connectivity index is 2.95. The Labute approximate surface area is 98.5 Å². The molecule has 0 atom stereocenters. The number of amides is 1. The molecule has 0 aliphatic rings. The van der Waals surface area contributed by atoms with Crippen molar-refractivity contribution in [2.75, 3.05) is 12.4 Å². The van der Waals surface area contributed by atoms with Crippen molar-refractivity contribution in [3.63, 3.8) is 0 Å². The van der Waals surface area contributed by atoms with E-state index in [2.05, 4.69) is 0 Å². The van der Waals surface area contributed by atoms with E-state index in [9.17, 15) is 26.7 Å². The summed E-state index contributed by atoms with van der Waals surface area (Å²) in [4.78, 5) is 10.9. The number of rotatable bonds is 3. The molecule has 0 heterocycles. The first kappa shape index (κ1) is 14.2. The fourth-order valence-electron chi connectivity index (χ4n) is 1.08. The van der Waals surface area contributed by atoms with Crippen LogP contribution in [0.1, 0.15) is 0 Å². The van der Waals surface area contributed by atoms with E-state index in [1.54, 1.807) is 0 Å². The number of alkyl halides is 5. The van der Waals surface area contributed by atoms with Crippen LogP contribution in [0.15, 0.2) is 24.3 Å². The molecule has 1 N–H and O–H groups in total. The van der Waals surface area contributed by atoms with Gasteiger partial charge in [-0.15, -0.1) is 0 Å².